The summed E-state index contributed by atoms with van der Waals surface area (Å²) >= 11 is 0. The van der Waals surface area contributed by atoms with Gasteiger partial charge in [-0.05, 0) is 48.9 Å². The van der Waals surface area contributed by atoms with Gasteiger partial charge >= 0.3 is 0 Å². The van der Waals surface area contributed by atoms with Crippen LogP contribution in [0.5, 0.6) is 5.75 Å². The summed E-state index contributed by atoms with van der Waals surface area (Å²) in [6.07, 6.45) is 0. The van der Waals surface area contributed by atoms with E-state index in [2.05, 4.69) is 15.5 Å². The lowest BCUT2D eigenvalue weighted by atomic mass is 10.2. The fraction of sp³-hybridized carbons (Fsp3) is 0.462. The fourth-order valence-electron chi connectivity index (χ4n) is 1.67. The Morgan fingerprint density at radius 2 is 1.81 bits per heavy atom. The van der Waals surface area contributed by atoms with Crippen LogP contribution in [0, 0.1) is 0 Å². The van der Waals surface area contributed by atoms with Crippen molar-refractivity contribution in [3.8, 4) is 5.75 Å². The molecule has 0 N–H and O–H groups in total. The Bertz CT molecular complexity index is 715. The van der Waals surface area contributed by atoms with Crippen LogP contribution in [0.15, 0.2) is 29.4 Å². The molecule has 0 unspecified atom stereocenters. The SMILES string of the molecule is COc1ccc(Cn2nnnc2S(=O)(=O)C(C)(C)C)cc1. The summed E-state index contributed by atoms with van der Waals surface area (Å²) in [5, 5.41) is 10.8. The van der Waals surface area contributed by atoms with Crippen molar-refractivity contribution < 1.29 is 13.2 Å². The van der Waals surface area contributed by atoms with Crippen molar-refractivity contribution in [3.63, 3.8) is 0 Å². The van der Waals surface area contributed by atoms with Gasteiger partial charge in [0.25, 0.3) is 5.16 Å². The first-order chi connectivity index (χ1) is 9.75. The molecule has 7 nitrogen and oxygen atoms in total. The molecular weight excluding hydrogens is 292 g/mol. The Morgan fingerprint density at radius 3 is 2.33 bits per heavy atom. The maximum Gasteiger partial charge on any atom is 0.268 e. The number of hydrogen-bond acceptors (Lipinski definition) is 6. The zero-order valence-corrected chi connectivity index (χ0v) is 13.3. The lowest BCUT2D eigenvalue weighted by molar-refractivity contribution is 0.414. The molecule has 0 atom stereocenters. The maximum atomic E-state index is 12.4. The van der Waals surface area contributed by atoms with E-state index in [1.54, 1.807) is 40.0 Å². The van der Waals surface area contributed by atoms with Gasteiger partial charge < -0.3 is 4.74 Å². The van der Waals surface area contributed by atoms with Crippen molar-refractivity contribution in [2.75, 3.05) is 7.11 Å². The van der Waals surface area contributed by atoms with E-state index in [0.29, 0.717) is 0 Å². The van der Waals surface area contributed by atoms with E-state index in [0.717, 1.165) is 11.3 Å². The van der Waals surface area contributed by atoms with Crippen molar-refractivity contribution in [1.29, 1.82) is 0 Å². The second kappa shape index (κ2) is 5.44. The monoisotopic (exact) mass is 310 g/mol. The van der Waals surface area contributed by atoms with Crippen molar-refractivity contribution in [2.24, 2.45) is 0 Å². The van der Waals surface area contributed by atoms with Gasteiger partial charge in [-0.3, -0.25) is 0 Å². The summed E-state index contributed by atoms with van der Waals surface area (Å²) in [6, 6.07) is 7.29. The Kier molecular flexibility index (Phi) is 3.99. The van der Waals surface area contributed by atoms with E-state index in [9.17, 15) is 8.42 Å². The normalized spacial score (nSPS) is 12.4. The Labute approximate surface area is 123 Å². The number of benzene rings is 1. The molecule has 1 aromatic heterocycles. The minimum Gasteiger partial charge on any atom is -0.497 e. The van der Waals surface area contributed by atoms with Crippen LogP contribution in [0.4, 0.5) is 0 Å². The molecule has 0 saturated carbocycles. The van der Waals surface area contributed by atoms with Crippen molar-refractivity contribution in [3.05, 3.63) is 29.8 Å². The molecule has 0 radical (unpaired) electrons. The smallest absolute Gasteiger partial charge is 0.268 e. The van der Waals surface area contributed by atoms with Gasteiger partial charge in [-0.2, -0.15) is 0 Å². The Morgan fingerprint density at radius 1 is 1.19 bits per heavy atom. The summed E-state index contributed by atoms with van der Waals surface area (Å²) < 4.78 is 30.3. The van der Waals surface area contributed by atoms with Gasteiger partial charge in [-0.25, -0.2) is 13.1 Å². The molecule has 0 spiro atoms. The Balaban J connectivity index is 2.33. The van der Waals surface area contributed by atoms with E-state index >= 15 is 0 Å². The summed E-state index contributed by atoms with van der Waals surface area (Å²) in [5.41, 5.74) is 0.883. The number of hydrogen-bond donors (Lipinski definition) is 0. The summed E-state index contributed by atoms with van der Waals surface area (Å²) in [6.45, 7) is 5.14. The minimum absolute atomic E-state index is 0.120. The number of nitrogens with zero attached hydrogens (tertiary/aromatic N) is 4. The molecule has 0 aliphatic carbocycles. The van der Waals surface area contributed by atoms with Crippen molar-refractivity contribution >= 4 is 9.84 Å². The first-order valence-electron chi connectivity index (χ1n) is 6.39. The average Bonchev–Trinajstić information content (AvgIpc) is 2.87. The van der Waals surface area contributed by atoms with Gasteiger partial charge in [0.2, 0.25) is 9.84 Å². The molecule has 0 amide bonds. The van der Waals surface area contributed by atoms with Gasteiger partial charge in [0.05, 0.1) is 18.4 Å². The highest BCUT2D eigenvalue weighted by atomic mass is 32.2. The van der Waals surface area contributed by atoms with Crippen LogP contribution in [0.3, 0.4) is 0 Å². The molecule has 21 heavy (non-hydrogen) atoms. The largest absolute Gasteiger partial charge is 0.497 e. The summed E-state index contributed by atoms with van der Waals surface area (Å²) in [5.74, 6) is 0.734. The zero-order chi connectivity index (χ0) is 15.7. The lowest BCUT2D eigenvalue weighted by Gasteiger charge is -2.17. The molecule has 2 aromatic rings. The number of aromatic nitrogens is 4. The number of tetrazole rings is 1. The average molecular weight is 310 g/mol. The predicted molar refractivity (Wildman–Crippen MR) is 76.9 cm³/mol. The molecule has 0 aliphatic heterocycles. The molecule has 0 aliphatic rings. The van der Waals surface area contributed by atoms with Crippen molar-refractivity contribution in [1.82, 2.24) is 20.2 Å². The topological polar surface area (TPSA) is 87.0 Å². The number of methoxy groups -OCH3 is 1. The van der Waals surface area contributed by atoms with Gasteiger partial charge in [0.15, 0.2) is 0 Å². The van der Waals surface area contributed by atoms with Crippen LogP contribution in [0.25, 0.3) is 0 Å². The third kappa shape index (κ3) is 3.05. The molecular formula is C13H18N4O3S. The van der Waals surface area contributed by atoms with Crippen molar-refractivity contribution in [2.45, 2.75) is 37.2 Å². The van der Waals surface area contributed by atoms with Crippen LogP contribution >= 0.6 is 0 Å². The highest BCUT2D eigenvalue weighted by Gasteiger charge is 2.35. The van der Waals surface area contributed by atoms with Crippen LogP contribution < -0.4 is 4.74 Å². The first kappa shape index (κ1) is 15.4. The molecule has 8 heteroatoms. The molecule has 1 heterocycles. The standard InChI is InChI=1S/C13H18N4O3S/c1-13(2,3)21(18,19)12-14-15-16-17(12)9-10-5-7-11(20-4)8-6-10/h5-8H,9H2,1-4H3. The summed E-state index contributed by atoms with van der Waals surface area (Å²) in [4.78, 5) is 0. The molecule has 0 bridgehead atoms. The third-order valence-corrected chi connectivity index (χ3v) is 5.42. The van der Waals surface area contributed by atoms with E-state index in [1.165, 1.54) is 4.68 Å². The molecule has 0 fully saturated rings. The van der Waals surface area contributed by atoms with E-state index in [4.69, 9.17) is 4.74 Å². The second-order valence-corrected chi connectivity index (χ2v) is 8.18. The molecule has 1 aromatic carbocycles. The van der Waals surface area contributed by atoms with E-state index in [1.807, 2.05) is 12.1 Å². The predicted octanol–water partition coefficient (Wildman–Crippen LogP) is 1.30. The van der Waals surface area contributed by atoms with Gasteiger partial charge in [0, 0.05) is 0 Å². The molecule has 2 rings (SSSR count). The van der Waals surface area contributed by atoms with Crippen LogP contribution in [-0.4, -0.2) is 40.5 Å². The maximum absolute atomic E-state index is 12.4. The van der Waals surface area contributed by atoms with Gasteiger partial charge in [0.1, 0.15) is 5.75 Å². The van der Waals surface area contributed by atoms with Crippen LogP contribution in [0.1, 0.15) is 26.3 Å². The Hall–Kier alpha value is -1.96. The van der Waals surface area contributed by atoms with E-state index < -0.39 is 14.6 Å². The van der Waals surface area contributed by atoms with Gasteiger partial charge in [-0.15, -0.1) is 0 Å². The van der Waals surface area contributed by atoms with E-state index in [-0.39, 0.29) is 11.7 Å². The highest BCUT2D eigenvalue weighted by molar-refractivity contribution is 7.92. The number of sulfone groups is 1. The quantitative estimate of drug-likeness (QED) is 0.846. The molecule has 114 valence electrons. The third-order valence-electron chi connectivity index (χ3n) is 3.04. The minimum atomic E-state index is -3.59. The second-order valence-electron chi connectivity index (χ2n) is 5.58. The van der Waals surface area contributed by atoms with Crippen LogP contribution in [0.2, 0.25) is 0 Å². The first-order valence-corrected chi connectivity index (χ1v) is 7.88. The number of ether oxygens (including phenoxy) is 1. The molecule has 0 saturated heterocycles. The fourth-order valence-corrected chi connectivity index (χ4v) is 2.74. The summed E-state index contributed by atoms with van der Waals surface area (Å²) in [7, 11) is -2.01. The lowest BCUT2D eigenvalue weighted by Crippen LogP contribution is -2.30. The van der Waals surface area contributed by atoms with Gasteiger partial charge in [-0.1, -0.05) is 17.2 Å². The number of rotatable bonds is 4. The highest BCUT2D eigenvalue weighted by Crippen LogP contribution is 2.23. The zero-order valence-electron chi connectivity index (χ0n) is 12.4. The van der Waals surface area contributed by atoms with Crippen LogP contribution in [-0.2, 0) is 16.4 Å².